The molecule has 1 saturated heterocycles. The van der Waals surface area contributed by atoms with Gasteiger partial charge in [-0.25, -0.2) is 9.18 Å². The molecule has 1 aromatic carbocycles. The van der Waals surface area contributed by atoms with E-state index in [0.717, 1.165) is 0 Å². The van der Waals surface area contributed by atoms with Gasteiger partial charge in [-0.1, -0.05) is 12.1 Å². The van der Waals surface area contributed by atoms with E-state index in [1.165, 1.54) is 29.2 Å². The molecule has 0 aromatic heterocycles. The van der Waals surface area contributed by atoms with E-state index < -0.39 is 31.3 Å². The molecule has 2 rings (SSSR count). The number of nitrogens with one attached hydrogen (secondary N) is 1. The molecule has 1 atom stereocenters. The van der Waals surface area contributed by atoms with Gasteiger partial charge in [0, 0.05) is 19.6 Å². The molecule has 1 fully saturated rings. The number of rotatable bonds is 4. The Morgan fingerprint density at radius 1 is 1.25 bits per heavy atom. The first kappa shape index (κ1) is 18.5. The molecule has 1 aromatic rings. The molecule has 0 spiro atoms. The number of nitrogens with zero attached hydrogens (tertiary/aromatic N) is 1. The van der Waals surface area contributed by atoms with Crippen LogP contribution < -0.4 is 5.32 Å². The first-order valence-electron chi connectivity index (χ1n) is 7.79. The second kappa shape index (κ2) is 7.83. The third kappa shape index (κ3) is 5.36. The van der Waals surface area contributed by atoms with E-state index in [1.807, 2.05) is 0 Å². The van der Waals surface area contributed by atoms with Crippen molar-refractivity contribution < 1.29 is 27.5 Å². The Labute approximate surface area is 137 Å². The van der Waals surface area contributed by atoms with Gasteiger partial charge in [0.2, 0.25) is 0 Å². The van der Waals surface area contributed by atoms with Crippen molar-refractivity contribution in [2.24, 2.45) is 5.92 Å². The number of halogens is 4. The molecule has 1 heterocycles. The summed E-state index contributed by atoms with van der Waals surface area (Å²) in [7, 11) is 0. The van der Waals surface area contributed by atoms with Crippen LogP contribution in [0.1, 0.15) is 30.9 Å². The molecule has 0 aliphatic carbocycles. The minimum Gasteiger partial charge on any atom is -0.388 e. The van der Waals surface area contributed by atoms with Crippen LogP contribution in [0.25, 0.3) is 0 Å². The monoisotopic (exact) mass is 348 g/mol. The van der Waals surface area contributed by atoms with E-state index in [2.05, 4.69) is 5.32 Å². The number of aliphatic hydroxyl groups is 1. The first-order valence-corrected chi connectivity index (χ1v) is 7.79. The lowest BCUT2D eigenvalue weighted by molar-refractivity contribution is -0.133. The first-order chi connectivity index (χ1) is 11.3. The lowest BCUT2D eigenvalue weighted by Gasteiger charge is -2.34. The average Bonchev–Trinajstić information content (AvgIpc) is 2.54. The van der Waals surface area contributed by atoms with Crippen molar-refractivity contribution in [3.63, 3.8) is 0 Å². The van der Waals surface area contributed by atoms with Crippen LogP contribution in [0.15, 0.2) is 24.3 Å². The fourth-order valence-electron chi connectivity index (χ4n) is 2.77. The van der Waals surface area contributed by atoms with Gasteiger partial charge in [0.1, 0.15) is 5.82 Å². The van der Waals surface area contributed by atoms with Crippen LogP contribution >= 0.6 is 0 Å². The third-order valence-electron chi connectivity index (χ3n) is 4.17. The summed E-state index contributed by atoms with van der Waals surface area (Å²) >= 11 is 0. The van der Waals surface area contributed by atoms with Crippen LogP contribution in [0, 0.1) is 11.7 Å². The molecule has 1 aliphatic heterocycles. The van der Waals surface area contributed by atoms with Crippen LogP contribution in [-0.2, 0) is 0 Å². The largest absolute Gasteiger partial charge is 0.390 e. The number of alkyl halides is 3. The topological polar surface area (TPSA) is 52.6 Å². The summed E-state index contributed by atoms with van der Waals surface area (Å²) < 4.78 is 49.1. The van der Waals surface area contributed by atoms with Crippen molar-refractivity contribution in [2.75, 3.05) is 19.6 Å². The molecule has 4 nitrogen and oxygen atoms in total. The van der Waals surface area contributed by atoms with E-state index in [9.17, 15) is 27.5 Å². The van der Waals surface area contributed by atoms with Crippen molar-refractivity contribution in [1.82, 2.24) is 10.2 Å². The van der Waals surface area contributed by atoms with Gasteiger partial charge in [-0.15, -0.1) is 0 Å². The fourth-order valence-corrected chi connectivity index (χ4v) is 2.77. The Kier molecular flexibility index (Phi) is 6.04. The molecule has 8 heteroatoms. The maximum absolute atomic E-state index is 12.9. The predicted octanol–water partition coefficient (Wildman–Crippen LogP) is 3.23. The zero-order chi connectivity index (χ0) is 17.7. The zero-order valence-corrected chi connectivity index (χ0v) is 13.0. The molecule has 134 valence electrons. The summed E-state index contributed by atoms with van der Waals surface area (Å²) in [6.07, 6.45) is -5.03. The number of urea groups is 1. The van der Waals surface area contributed by atoms with Gasteiger partial charge in [-0.2, -0.15) is 13.2 Å². The highest BCUT2D eigenvalue weighted by Gasteiger charge is 2.30. The van der Waals surface area contributed by atoms with Crippen LogP contribution in [0.2, 0.25) is 0 Å². The number of carbonyl (C=O) groups is 1. The van der Waals surface area contributed by atoms with Crippen molar-refractivity contribution in [2.45, 2.75) is 31.5 Å². The highest BCUT2D eigenvalue weighted by Crippen LogP contribution is 2.30. The van der Waals surface area contributed by atoms with Crippen molar-refractivity contribution in [3.8, 4) is 0 Å². The summed E-state index contributed by atoms with van der Waals surface area (Å²) in [5, 5.41) is 12.6. The maximum atomic E-state index is 12.9. The van der Waals surface area contributed by atoms with E-state index in [0.29, 0.717) is 31.5 Å². The third-order valence-corrected chi connectivity index (χ3v) is 4.17. The molecule has 0 saturated carbocycles. The Bertz CT molecular complexity index is 540. The average molecular weight is 348 g/mol. The summed E-state index contributed by atoms with van der Waals surface area (Å²) in [4.78, 5) is 13.3. The van der Waals surface area contributed by atoms with Gasteiger partial charge in [-0.05, 0) is 36.5 Å². The Hall–Kier alpha value is -1.83. The molecule has 24 heavy (non-hydrogen) atoms. The highest BCUT2D eigenvalue weighted by molar-refractivity contribution is 5.74. The van der Waals surface area contributed by atoms with Crippen LogP contribution in [-0.4, -0.2) is 41.8 Å². The van der Waals surface area contributed by atoms with Crippen LogP contribution in [0.5, 0.6) is 0 Å². The van der Waals surface area contributed by atoms with E-state index >= 15 is 0 Å². The Balaban J connectivity index is 1.78. The Morgan fingerprint density at radius 3 is 2.38 bits per heavy atom. The van der Waals surface area contributed by atoms with Crippen molar-refractivity contribution in [3.05, 3.63) is 35.6 Å². The number of likely N-dealkylation sites (tertiary alicyclic amines) is 1. The number of piperidine rings is 1. The predicted molar refractivity (Wildman–Crippen MR) is 79.7 cm³/mol. The number of benzene rings is 1. The van der Waals surface area contributed by atoms with Crippen LogP contribution in [0.4, 0.5) is 22.4 Å². The number of aliphatic hydroxyl groups excluding tert-OH is 1. The van der Waals surface area contributed by atoms with Gasteiger partial charge in [0.25, 0.3) is 0 Å². The molecule has 1 unspecified atom stereocenters. The summed E-state index contributed by atoms with van der Waals surface area (Å²) in [5.41, 5.74) is 0.615. The lowest BCUT2D eigenvalue weighted by atomic mass is 9.87. The van der Waals surface area contributed by atoms with Gasteiger partial charge < -0.3 is 15.3 Å². The van der Waals surface area contributed by atoms with Gasteiger partial charge >= 0.3 is 12.2 Å². The highest BCUT2D eigenvalue weighted by atomic mass is 19.4. The van der Waals surface area contributed by atoms with E-state index in [1.54, 1.807) is 0 Å². The number of hydrogen-bond acceptors (Lipinski definition) is 2. The molecule has 0 radical (unpaired) electrons. The molecule has 2 amide bonds. The molecule has 2 N–H and O–H groups in total. The van der Waals surface area contributed by atoms with E-state index in [-0.39, 0.29) is 11.7 Å². The van der Waals surface area contributed by atoms with Gasteiger partial charge in [-0.3, -0.25) is 0 Å². The normalized spacial score (nSPS) is 17.6. The van der Waals surface area contributed by atoms with Crippen LogP contribution in [0.3, 0.4) is 0 Å². The maximum Gasteiger partial charge on any atom is 0.390 e. The zero-order valence-electron chi connectivity index (χ0n) is 13.0. The molecule has 0 bridgehead atoms. The SMILES string of the molecule is O=C(NCCC(F)(F)F)N1CCC(C(O)c2ccc(F)cc2)CC1. The second-order valence-corrected chi connectivity index (χ2v) is 5.92. The number of amides is 2. The summed E-state index contributed by atoms with van der Waals surface area (Å²) in [6, 6.07) is 5.09. The lowest BCUT2D eigenvalue weighted by Crippen LogP contribution is -2.45. The smallest absolute Gasteiger partial charge is 0.388 e. The molecular formula is C16H20F4N2O2. The quantitative estimate of drug-likeness (QED) is 0.821. The second-order valence-electron chi connectivity index (χ2n) is 5.92. The standard InChI is InChI=1S/C16H20F4N2O2/c17-13-3-1-11(2-4-13)14(23)12-5-9-22(10-6-12)15(24)21-8-7-16(18,19)20/h1-4,12,14,23H,5-10H2,(H,21,24). The minimum absolute atomic E-state index is 0.0744. The molecular weight excluding hydrogens is 328 g/mol. The molecule has 1 aliphatic rings. The minimum atomic E-state index is -4.29. The fraction of sp³-hybridized carbons (Fsp3) is 0.562. The van der Waals surface area contributed by atoms with Gasteiger partial charge in [0.15, 0.2) is 0 Å². The summed E-state index contributed by atoms with van der Waals surface area (Å²) in [5.74, 6) is -0.453. The summed E-state index contributed by atoms with van der Waals surface area (Å²) in [6.45, 7) is 0.280. The van der Waals surface area contributed by atoms with Crippen molar-refractivity contribution in [1.29, 1.82) is 0 Å². The van der Waals surface area contributed by atoms with Crippen molar-refractivity contribution >= 4 is 6.03 Å². The Morgan fingerprint density at radius 2 is 1.83 bits per heavy atom. The van der Waals surface area contributed by atoms with Gasteiger partial charge in [0.05, 0.1) is 12.5 Å². The number of hydrogen-bond donors (Lipinski definition) is 2. The van der Waals surface area contributed by atoms with E-state index in [4.69, 9.17) is 0 Å². The number of carbonyl (C=O) groups excluding carboxylic acids is 1.